The Hall–Kier alpha value is -1.39. The smallest absolute Gasteiger partial charge is 0.112 e. The lowest BCUT2D eigenvalue weighted by Gasteiger charge is -2.13. The monoisotopic (exact) mass is 247 g/mol. The van der Waals surface area contributed by atoms with Crippen molar-refractivity contribution >= 4 is 11.0 Å². The van der Waals surface area contributed by atoms with Gasteiger partial charge in [-0.15, -0.1) is 0 Å². The van der Waals surface area contributed by atoms with E-state index in [2.05, 4.69) is 17.6 Å². The predicted octanol–water partition coefficient (Wildman–Crippen LogP) is 1.87. The Morgan fingerprint density at radius 3 is 2.89 bits per heavy atom. The molecule has 0 aliphatic heterocycles. The molecule has 1 aromatic carbocycles. The number of hydrogen-bond acceptors (Lipinski definition) is 3. The molecular weight excluding hydrogens is 226 g/mol. The van der Waals surface area contributed by atoms with Gasteiger partial charge >= 0.3 is 0 Å². The molecule has 0 amide bonds. The summed E-state index contributed by atoms with van der Waals surface area (Å²) in [5.41, 5.74) is 7.66. The van der Waals surface area contributed by atoms with Crippen molar-refractivity contribution in [1.29, 1.82) is 0 Å². The van der Waals surface area contributed by atoms with Crippen molar-refractivity contribution in [3.8, 4) is 0 Å². The van der Waals surface area contributed by atoms with Crippen molar-refractivity contribution in [2.75, 3.05) is 13.2 Å². The SMILES string of the molecule is CC(CCCN)c1nc2ccccc2n1CCO. The molecule has 0 bridgehead atoms. The molecule has 98 valence electrons. The molecular formula is C14H21N3O. The third-order valence-electron chi connectivity index (χ3n) is 3.29. The topological polar surface area (TPSA) is 64.1 Å². The second kappa shape index (κ2) is 5.98. The molecule has 3 N–H and O–H groups in total. The van der Waals surface area contributed by atoms with Crippen molar-refractivity contribution in [3.63, 3.8) is 0 Å². The average Bonchev–Trinajstić information content (AvgIpc) is 2.76. The third kappa shape index (κ3) is 2.54. The number of imidazole rings is 1. The summed E-state index contributed by atoms with van der Waals surface area (Å²) in [6, 6.07) is 8.07. The number of aromatic nitrogens is 2. The van der Waals surface area contributed by atoms with Crippen LogP contribution in [0.4, 0.5) is 0 Å². The number of para-hydroxylation sites is 2. The molecule has 4 nitrogen and oxygen atoms in total. The minimum atomic E-state index is 0.136. The Morgan fingerprint density at radius 1 is 1.39 bits per heavy atom. The number of hydrogen-bond donors (Lipinski definition) is 2. The van der Waals surface area contributed by atoms with Crippen LogP contribution in [0.25, 0.3) is 11.0 Å². The van der Waals surface area contributed by atoms with Crippen LogP contribution in [0.15, 0.2) is 24.3 Å². The Morgan fingerprint density at radius 2 is 2.17 bits per heavy atom. The van der Waals surface area contributed by atoms with Gasteiger partial charge in [0.25, 0.3) is 0 Å². The van der Waals surface area contributed by atoms with Crippen LogP contribution in [0, 0.1) is 0 Å². The van der Waals surface area contributed by atoms with Crippen LogP contribution in [0.3, 0.4) is 0 Å². The first kappa shape index (κ1) is 13.1. The van der Waals surface area contributed by atoms with Crippen molar-refractivity contribution < 1.29 is 5.11 Å². The Labute approximate surface area is 107 Å². The lowest BCUT2D eigenvalue weighted by Crippen LogP contribution is -2.11. The molecule has 0 radical (unpaired) electrons. The maximum absolute atomic E-state index is 9.21. The lowest BCUT2D eigenvalue weighted by molar-refractivity contribution is 0.275. The van der Waals surface area contributed by atoms with Gasteiger partial charge in [0.2, 0.25) is 0 Å². The van der Waals surface area contributed by atoms with Crippen molar-refractivity contribution in [1.82, 2.24) is 9.55 Å². The maximum Gasteiger partial charge on any atom is 0.112 e. The number of nitrogens with two attached hydrogens (primary N) is 1. The second-order valence-electron chi connectivity index (χ2n) is 4.67. The van der Waals surface area contributed by atoms with Crippen LogP contribution >= 0.6 is 0 Å². The quantitative estimate of drug-likeness (QED) is 0.819. The van der Waals surface area contributed by atoms with Gasteiger partial charge in [-0.25, -0.2) is 4.98 Å². The number of aliphatic hydroxyl groups is 1. The largest absolute Gasteiger partial charge is 0.395 e. The molecule has 18 heavy (non-hydrogen) atoms. The predicted molar refractivity (Wildman–Crippen MR) is 73.5 cm³/mol. The summed E-state index contributed by atoms with van der Waals surface area (Å²) in [6.07, 6.45) is 2.04. The molecule has 1 unspecified atom stereocenters. The standard InChI is InChI=1S/C14H21N3O/c1-11(5-4-8-15)14-16-12-6-2-3-7-13(12)17(14)9-10-18/h2-3,6-7,11,18H,4-5,8-10,15H2,1H3. The van der Waals surface area contributed by atoms with E-state index in [9.17, 15) is 5.11 Å². The summed E-state index contributed by atoms with van der Waals surface area (Å²) >= 11 is 0. The zero-order chi connectivity index (χ0) is 13.0. The first-order valence-corrected chi connectivity index (χ1v) is 6.54. The van der Waals surface area contributed by atoms with Gasteiger partial charge in [-0.05, 0) is 31.5 Å². The molecule has 1 atom stereocenters. The summed E-state index contributed by atoms with van der Waals surface area (Å²) < 4.78 is 2.12. The normalized spacial score (nSPS) is 13.1. The molecule has 2 rings (SSSR count). The summed E-state index contributed by atoms with van der Waals surface area (Å²) in [5.74, 6) is 1.42. The zero-order valence-electron chi connectivity index (χ0n) is 10.8. The summed E-state index contributed by atoms with van der Waals surface area (Å²) in [7, 11) is 0. The zero-order valence-corrected chi connectivity index (χ0v) is 10.8. The van der Waals surface area contributed by atoms with Gasteiger partial charge in [0.1, 0.15) is 5.82 Å². The van der Waals surface area contributed by atoms with Crippen molar-refractivity contribution in [3.05, 3.63) is 30.1 Å². The highest BCUT2D eigenvalue weighted by molar-refractivity contribution is 5.76. The van der Waals surface area contributed by atoms with E-state index in [1.807, 2.05) is 18.2 Å². The van der Waals surface area contributed by atoms with Gasteiger partial charge < -0.3 is 15.4 Å². The highest BCUT2D eigenvalue weighted by Gasteiger charge is 2.15. The van der Waals surface area contributed by atoms with Crippen LogP contribution in [0.5, 0.6) is 0 Å². The van der Waals surface area contributed by atoms with E-state index in [-0.39, 0.29) is 6.61 Å². The highest BCUT2D eigenvalue weighted by Crippen LogP contribution is 2.24. The second-order valence-corrected chi connectivity index (χ2v) is 4.67. The van der Waals surface area contributed by atoms with E-state index in [0.29, 0.717) is 19.0 Å². The first-order chi connectivity index (χ1) is 8.77. The van der Waals surface area contributed by atoms with Crippen LogP contribution in [-0.2, 0) is 6.54 Å². The third-order valence-corrected chi connectivity index (χ3v) is 3.29. The fraction of sp³-hybridized carbons (Fsp3) is 0.500. The lowest BCUT2D eigenvalue weighted by atomic mass is 10.1. The number of nitrogens with zero attached hydrogens (tertiary/aromatic N) is 2. The van der Waals surface area contributed by atoms with E-state index in [4.69, 9.17) is 10.7 Å². The molecule has 0 aliphatic carbocycles. The van der Waals surface area contributed by atoms with Gasteiger partial charge in [0.15, 0.2) is 0 Å². The van der Waals surface area contributed by atoms with Crippen LogP contribution in [-0.4, -0.2) is 27.8 Å². The van der Waals surface area contributed by atoms with Gasteiger partial charge in [0.05, 0.1) is 17.6 Å². The number of rotatable bonds is 6. The fourth-order valence-electron chi connectivity index (χ4n) is 2.36. The van der Waals surface area contributed by atoms with Gasteiger partial charge in [-0.3, -0.25) is 0 Å². The van der Waals surface area contributed by atoms with Crippen molar-refractivity contribution in [2.45, 2.75) is 32.2 Å². The van der Waals surface area contributed by atoms with E-state index in [1.54, 1.807) is 0 Å². The number of fused-ring (bicyclic) bond motifs is 1. The Bertz CT molecular complexity index is 507. The number of aliphatic hydroxyl groups excluding tert-OH is 1. The van der Waals surface area contributed by atoms with Crippen LogP contribution in [0.2, 0.25) is 0 Å². The van der Waals surface area contributed by atoms with E-state index < -0.39 is 0 Å². The Kier molecular flexibility index (Phi) is 4.33. The molecule has 0 spiro atoms. The van der Waals surface area contributed by atoms with Gasteiger partial charge in [-0.2, -0.15) is 0 Å². The van der Waals surface area contributed by atoms with Crippen LogP contribution in [0.1, 0.15) is 31.5 Å². The van der Waals surface area contributed by atoms with Crippen LogP contribution < -0.4 is 5.73 Å². The summed E-state index contributed by atoms with van der Waals surface area (Å²) in [4.78, 5) is 4.70. The van der Waals surface area contributed by atoms with Crippen molar-refractivity contribution in [2.24, 2.45) is 5.73 Å². The average molecular weight is 247 g/mol. The summed E-state index contributed by atoms with van der Waals surface area (Å²) in [6.45, 7) is 3.62. The number of benzene rings is 1. The molecule has 0 aliphatic rings. The summed E-state index contributed by atoms with van der Waals surface area (Å²) in [5, 5.41) is 9.21. The molecule has 0 saturated carbocycles. The van der Waals surface area contributed by atoms with Gasteiger partial charge in [-0.1, -0.05) is 19.1 Å². The van der Waals surface area contributed by atoms with E-state index >= 15 is 0 Å². The molecule has 0 fully saturated rings. The van der Waals surface area contributed by atoms with E-state index in [0.717, 1.165) is 29.7 Å². The molecule has 2 aromatic rings. The highest BCUT2D eigenvalue weighted by atomic mass is 16.3. The molecule has 1 heterocycles. The van der Waals surface area contributed by atoms with Gasteiger partial charge in [0, 0.05) is 12.5 Å². The minimum absolute atomic E-state index is 0.136. The van der Waals surface area contributed by atoms with E-state index in [1.165, 1.54) is 0 Å². The Balaban J connectivity index is 2.38. The molecule has 4 heteroatoms. The maximum atomic E-state index is 9.21. The molecule has 0 saturated heterocycles. The first-order valence-electron chi connectivity index (χ1n) is 6.54. The molecule has 1 aromatic heterocycles. The minimum Gasteiger partial charge on any atom is -0.395 e. The fourth-order valence-corrected chi connectivity index (χ4v) is 2.36.